The van der Waals surface area contributed by atoms with Gasteiger partial charge in [-0.05, 0) is 25.0 Å². The van der Waals surface area contributed by atoms with Crippen molar-refractivity contribution in [2.45, 2.75) is 20.4 Å². The molecule has 0 atom stereocenters. The molecule has 0 amide bonds. The van der Waals surface area contributed by atoms with Crippen molar-refractivity contribution in [1.82, 2.24) is 9.91 Å². The van der Waals surface area contributed by atoms with Crippen molar-refractivity contribution in [3.8, 4) is 0 Å². The van der Waals surface area contributed by atoms with Crippen molar-refractivity contribution in [1.29, 1.82) is 0 Å². The van der Waals surface area contributed by atoms with E-state index < -0.39 is 0 Å². The van der Waals surface area contributed by atoms with Gasteiger partial charge in [0.1, 0.15) is 0 Å². The number of aryl methyl sites for hydroxylation is 1. The van der Waals surface area contributed by atoms with Crippen molar-refractivity contribution >= 4 is 5.71 Å². The third kappa shape index (κ3) is 4.42. The highest BCUT2D eigenvalue weighted by Crippen LogP contribution is 2.11. The van der Waals surface area contributed by atoms with Gasteiger partial charge in [0.15, 0.2) is 0 Å². The van der Waals surface area contributed by atoms with E-state index in [1.807, 2.05) is 6.07 Å². The summed E-state index contributed by atoms with van der Waals surface area (Å²) in [4.78, 5) is 2.51. The predicted octanol–water partition coefficient (Wildman–Crippen LogP) is 3.54. The van der Waals surface area contributed by atoms with Gasteiger partial charge >= 0.3 is 0 Å². The maximum absolute atomic E-state index is 4.78. The molecule has 1 heterocycles. The molecule has 1 fully saturated rings. The topological polar surface area (TPSA) is 18.8 Å². The molecule has 0 aliphatic carbocycles. The number of hydrazone groups is 1. The maximum Gasteiger partial charge on any atom is 0.0646 e. The summed E-state index contributed by atoms with van der Waals surface area (Å²) in [6, 6.07) is 19.3. The van der Waals surface area contributed by atoms with Gasteiger partial charge in [0.05, 0.1) is 5.71 Å². The van der Waals surface area contributed by atoms with Crippen LogP contribution < -0.4 is 0 Å². The van der Waals surface area contributed by atoms with Gasteiger partial charge in [-0.25, -0.2) is 0 Å². The molecule has 0 unspecified atom stereocenters. The van der Waals surface area contributed by atoms with Gasteiger partial charge in [-0.1, -0.05) is 60.2 Å². The fraction of sp³-hybridized carbons (Fsp3) is 0.350. The Balaban J connectivity index is 1.53. The molecular weight excluding hydrogens is 282 g/mol. The Kier molecular flexibility index (Phi) is 5.09. The van der Waals surface area contributed by atoms with Crippen molar-refractivity contribution in [3.05, 3.63) is 71.3 Å². The Hall–Kier alpha value is -2.13. The monoisotopic (exact) mass is 307 g/mol. The second-order valence-electron chi connectivity index (χ2n) is 6.27. The van der Waals surface area contributed by atoms with Crippen molar-refractivity contribution in [3.63, 3.8) is 0 Å². The first kappa shape index (κ1) is 15.8. The van der Waals surface area contributed by atoms with E-state index in [0.717, 1.165) is 38.4 Å². The van der Waals surface area contributed by atoms with Gasteiger partial charge in [0.2, 0.25) is 0 Å². The summed E-state index contributed by atoms with van der Waals surface area (Å²) >= 11 is 0. The van der Waals surface area contributed by atoms with Crippen molar-refractivity contribution in [2.24, 2.45) is 5.10 Å². The maximum atomic E-state index is 4.78. The van der Waals surface area contributed by atoms with Crippen LogP contribution in [0.15, 0.2) is 59.7 Å². The molecule has 0 bridgehead atoms. The Labute approximate surface area is 139 Å². The van der Waals surface area contributed by atoms with Crippen LogP contribution in [0.4, 0.5) is 0 Å². The quantitative estimate of drug-likeness (QED) is 0.805. The van der Waals surface area contributed by atoms with E-state index in [-0.39, 0.29) is 0 Å². The normalized spacial score (nSPS) is 16.6. The second kappa shape index (κ2) is 7.42. The standard InChI is InChI=1S/C20H25N3/c1-17-8-10-19(11-9-17)16-22-12-14-23(15-13-22)21-18(2)20-6-4-3-5-7-20/h3-11H,12-16H2,1-2H3. The highest BCUT2D eigenvalue weighted by Gasteiger charge is 2.16. The van der Waals surface area contributed by atoms with Gasteiger partial charge < -0.3 is 0 Å². The summed E-state index contributed by atoms with van der Waals surface area (Å²) in [5.41, 5.74) is 5.02. The molecular formula is C20H25N3. The van der Waals surface area contributed by atoms with Crippen LogP contribution in [0, 0.1) is 6.92 Å². The van der Waals surface area contributed by atoms with Gasteiger partial charge in [-0.15, -0.1) is 0 Å². The van der Waals surface area contributed by atoms with E-state index in [4.69, 9.17) is 5.10 Å². The molecule has 3 rings (SSSR count). The smallest absolute Gasteiger partial charge is 0.0646 e. The lowest BCUT2D eigenvalue weighted by molar-refractivity contribution is 0.130. The molecule has 2 aromatic rings. The number of nitrogens with zero attached hydrogens (tertiary/aromatic N) is 3. The van der Waals surface area contributed by atoms with Crippen molar-refractivity contribution < 1.29 is 0 Å². The zero-order chi connectivity index (χ0) is 16.1. The summed E-state index contributed by atoms with van der Waals surface area (Å²) < 4.78 is 0. The number of piperazine rings is 1. The lowest BCUT2D eigenvalue weighted by Crippen LogP contribution is -2.43. The van der Waals surface area contributed by atoms with Crippen LogP contribution in [0.1, 0.15) is 23.6 Å². The molecule has 0 radical (unpaired) electrons. The molecule has 3 heteroatoms. The third-order valence-corrected chi connectivity index (χ3v) is 4.36. The van der Waals surface area contributed by atoms with Crippen LogP contribution in [0.2, 0.25) is 0 Å². The first-order valence-electron chi connectivity index (χ1n) is 8.34. The van der Waals surface area contributed by atoms with Gasteiger partial charge in [0, 0.05) is 32.7 Å². The Morgan fingerprint density at radius 2 is 1.57 bits per heavy atom. The fourth-order valence-corrected chi connectivity index (χ4v) is 2.90. The summed E-state index contributed by atoms with van der Waals surface area (Å²) in [5.74, 6) is 0. The van der Waals surface area contributed by atoms with Gasteiger partial charge in [-0.2, -0.15) is 5.10 Å². The van der Waals surface area contributed by atoms with Crippen molar-refractivity contribution in [2.75, 3.05) is 26.2 Å². The molecule has 3 nitrogen and oxygen atoms in total. The van der Waals surface area contributed by atoms with E-state index in [2.05, 4.69) is 72.3 Å². The summed E-state index contributed by atoms with van der Waals surface area (Å²) in [6.45, 7) is 9.39. The molecule has 2 aromatic carbocycles. The van der Waals surface area contributed by atoms with E-state index in [9.17, 15) is 0 Å². The Morgan fingerprint density at radius 3 is 2.22 bits per heavy atom. The Bertz CT molecular complexity index is 638. The summed E-state index contributed by atoms with van der Waals surface area (Å²) in [6.07, 6.45) is 0. The number of hydrogen-bond acceptors (Lipinski definition) is 3. The molecule has 23 heavy (non-hydrogen) atoms. The van der Waals surface area contributed by atoms with Crippen LogP contribution in [-0.4, -0.2) is 41.8 Å². The zero-order valence-electron chi connectivity index (χ0n) is 14.1. The summed E-state index contributed by atoms with van der Waals surface area (Å²) in [5, 5.41) is 6.98. The van der Waals surface area contributed by atoms with E-state index >= 15 is 0 Å². The SMILES string of the molecule is CC(=NN1CCN(Cc2ccc(C)cc2)CC1)c1ccccc1. The number of hydrogen-bond donors (Lipinski definition) is 0. The predicted molar refractivity (Wildman–Crippen MR) is 96.7 cm³/mol. The highest BCUT2D eigenvalue weighted by atomic mass is 15.5. The van der Waals surface area contributed by atoms with E-state index in [1.165, 1.54) is 16.7 Å². The first-order chi connectivity index (χ1) is 11.2. The lowest BCUT2D eigenvalue weighted by atomic mass is 10.1. The first-order valence-corrected chi connectivity index (χ1v) is 8.34. The van der Waals surface area contributed by atoms with Gasteiger partial charge in [-0.3, -0.25) is 9.91 Å². The minimum Gasteiger partial charge on any atom is -0.295 e. The molecule has 1 aliphatic heterocycles. The average Bonchev–Trinajstić information content (AvgIpc) is 2.59. The number of benzene rings is 2. The van der Waals surface area contributed by atoms with Crippen LogP contribution in [0.3, 0.4) is 0 Å². The van der Waals surface area contributed by atoms with E-state index in [0.29, 0.717) is 0 Å². The lowest BCUT2D eigenvalue weighted by Gasteiger charge is -2.33. The molecule has 0 saturated carbocycles. The third-order valence-electron chi connectivity index (χ3n) is 4.36. The molecule has 0 aromatic heterocycles. The molecule has 120 valence electrons. The molecule has 0 N–H and O–H groups in total. The summed E-state index contributed by atoms with van der Waals surface area (Å²) in [7, 11) is 0. The number of rotatable bonds is 4. The average molecular weight is 307 g/mol. The fourth-order valence-electron chi connectivity index (χ4n) is 2.90. The van der Waals surface area contributed by atoms with Gasteiger partial charge in [0.25, 0.3) is 0 Å². The highest BCUT2D eigenvalue weighted by molar-refractivity contribution is 5.98. The van der Waals surface area contributed by atoms with Crippen LogP contribution in [0.25, 0.3) is 0 Å². The molecule has 1 saturated heterocycles. The van der Waals surface area contributed by atoms with Crippen LogP contribution in [-0.2, 0) is 6.54 Å². The Morgan fingerprint density at radius 1 is 0.913 bits per heavy atom. The molecule has 1 aliphatic rings. The minimum atomic E-state index is 0.996. The largest absolute Gasteiger partial charge is 0.295 e. The van der Waals surface area contributed by atoms with E-state index in [1.54, 1.807) is 0 Å². The zero-order valence-corrected chi connectivity index (χ0v) is 14.1. The molecule has 0 spiro atoms. The minimum absolute atomic E-state index is 0.996. The van der Waals surface area contributed by atoms with Crippen LogP contribution in [0.5, 0.6) is 0 Å². The second-order valence-corrected chi connectivity index (χ2v) is 6.27. The van der Waals surface area contributed by atoms with Crippen LogP contribution >= 0.6 is 0 Å².